The van der Waals surface area contributed by atoms with Crippen LogP contribution in [0.4, 0.5) is 5.00 Å². The number of fused-ring (bicyclic) bond motifs is 1. The molecule has 0 aliphatic heterocycles. The molecule has 0 fully saturated rings. The molecule has 1 heterocycles. The van der Waals surface area contributed by atoms with Crippen LogP contribution in [0.15, 0.2) is 30.3 Å². The topological polar surface area (TPSA) is 50.4 Å². The Kier molecular flexibility index (Phi) is 6.96. The molecule has 29 heavy (non-hydrogen) atoms. The van der Waals surface area contributed by atoms with E-state index in [1.54, 1.807) is 11.3 Å². The number of benzene rings is 1. The molecule has 3 rings (SSSR count). The fraction of sp³-hybridized carbons (Fsp3) is 0.478. The van der Waals surface area contributed by atoms with Crippen LogP contribution < -0.4 is 10.6 Å². The number of hydrogen-bond acceptors (Lipinski definition) is 4. The van der Waals surface area contributed by atoms with Crippen LogP contribution in [0.25, 0.3) is 0 Å². The molecule has 0 spiro atoms. The van der Waals surface area contributed by atoms with Gasteiger partial charge in [-0.1, -0.05) is 51.1 Å². The monoisotopic (exact) mass is 430 g/mol. The van der Waals surface area contributed by atoms with Gasteiger partial charge in [-0.15, -0.1) is 11.3 Å². The van der Waals surface area contributed by atoms with Crippen molar-refractivity contribution in [3.63, 3.8) is 0 Å². The van der Waals surface area contributed by atoms with Crippen LogP contribution in [-0.2, 0) is 24.1 Å². The van der Waals surface area contributed by atoms with Crippen LogP contribution in [0.3, 0.4) is 0 Å². The molecule has 0 unspecified atom stereocenters. The predicted octanol–water partition coefficient (Wildman–Crippen LogP) is 5.56. The molecule has 1 aliphatic carbocycles. The maximum Gasteiger partial charge on any atom is 0.341 e. The summed E-state index contributed by atoms with van der Waals surface area (Å²) in [6, 6.07) is 10.1. The van der Waals surface area contributed by atoms with Crippen molar-refractivity contribution in [2.75, 3.05) is 11.9 Å². The van der Waals surface area contributed by atoms with Gasteiger partial charge in [0, 0.05) is 11.4 Å². The van der Waals surface area contributed by atoms with Gasteiger partial charge in [0.1, 0.15) is 5.00 Å². The number of nitrogens with one attached hydrogen (secondary N) is 2. The lowest BCUT2D eigenvalue weighted by molar-refractivity contribution is 0.0526. The maximum atomic E-state index is 12.7. The van der Waals surface area contributed by atoms with Gasteiger partial charge in [-0.2, -0.15) is 0 Å². The van der Waals surface area contributed by atoms with Crippen molar-refractivity contribution in [3.05, 3.63) is 51.9 Å². The second-order valence-corrected chi connectivity index (χ2v) is 10.0. The fourth-order valence-electron chi connectivity index (χ4n) is 3.76. The van der Waals surface area contributed by atoms with E-state index in [0.29, 0.717) is 29.7 Å². The number of rotatable bonds is 5. The van der Waals surface area contributed by atoms with Crippen LogP contribution in [-0.4, -0.2) is 17.7 Å². The molecule has 2 N–H and O–H groups in total. The Bertz CT molecular complexity index is 869. The Morgan fingerprint density at radius 2 is 2.00 bits per heavy atom. The third kappa shape index (κ3) is 5.37. The summed E-state index contributed by atoms with van der Waals surface area (Å²) >= 11 is 7.15. The van der Waals surface area contributed by atoms with E-state index in [-0.39, 0.29) is 11.4 Å². The minimum Gasteiger partial charge on any atom is -0.462 e. The van der Waals surface area contributed by atoms with Crippen LogP contribution in [0.1, 0.15) is 60.5 Å². The van der Waals surface area contributed by atoms with Crippen LogP contribution in [0.5, 0.6) is 0 Å². The lowest BCUT2D eigenvalue weighted by atomic mass is 9.72. The molecular formula is C23H30N2O2S2. The predicted molar refractivity (Wildman–Crippen MR) is 125 cm³/mol. The average molecular weight is 431 g/mol. The Morgan fingerprint density at radius 3 is 2.66 bits per heavy atom. The quantitative estimate of drug-likeness (QED) is 0.480. The van der Waals surface area contributed by atoms with Crippen molar-refractivity contribution < 1.29 is 9.53 Å². The van der Waals surface area contributed by atoms with E-state index < -0.39 is 0 Å². The minimum atomic E-state index is -0.257. The van der Waals surface area contributed by atoms with Crippen molar-refractivity contribution >= 4 is 39.6 Å². The number of ether oxygens (including phenoxy) is 1. The van der Waals surface area contributed by atoms with E-state index in [2.05, 4.69) is 43.5 Å². The van der Waals surface area contributed by atoms with Gasteiger partial charge in [0.25, 0.3) is 0 Å². The molecule has 1 aliphatic rings. The maximum absolute atomic E-state index is 12.7. The molecule has 0 saturated carbocycles. The molecule has 1 aromatic heterocycles. The van der Waals surface area contributed by atoms with E-state index >= 15 is 0 Å². The minimum absolute atomic E-state index is 0.256. The van der Waals surface area contributed by atoms with Crippen LogP contribution in [0.2, 0.25) is 0 Å². The Labute approximate surface area is 183 Å². The van der Waals surface area contributed by atoms with Gasteiger partial charge in [0.05, 0.1) is 12.2 Å². The van der Waals surface area contributed by atoms with Crippen molar-refractivity contribution in [1.82, 2.24) is 5.32 Å². The highest BCUT2D eigenvalue weighted by atomic mass is 32.1. The Balaban J connectivity index is 1.79. The summed E-state index contributed by atoms with van der Waals surface area (Å²) in [5, 5.41) is 7.82. The molecule has 1 aromatic carbocycles. The summed E-state index contributed by atoms with van der Waals surface area (Å²) in [5.41, 5.74) is 3.22. The number of esters is 1. The third-order valence-corrected chi connectivity index (χ3v) is 6.91. The van der Waals surface area contributed by atoms with E-state index in [0.717, 1.165) is 35.4 Å². The highest BCUT2D eigenvalue weighted by molar-refractivity contribution is 7.80. The largest absolute Gasteiger partial charge is 0.462 e. The SMILES string of the molecule is CCOC(=O)c1c(NC(=S)NCc2ccccc2)sc2c1CC[C@H](C(C)(C)C)C2. The Hall–Kier alpha value is -1.92. The Morgan fingerprint density at radius 1 is 1.28 bits per heavy atom. The molecule has 0 radical (unpaired) electrons. The smallest absolute Gasteiger partial charge is 0.341 e. The van der Waals surface area contributed by atoms with Crippen molar-refractivity contribution in [1.29, 1.82) is 0 Å². The normalized spacial score (nSPS) is 16.1. The summed E-state index contributed by atoms with van der Waals surface area (Å²) in [7, 11) is 0. The molecule has 1 atom stereocenters. The summed E-state index contributed by atoms with van der Waals surface area (Å²) in [5.74, 6) is 0.354. The van der Waals surface area contributed by atoms with E-state index in [4.69, 9.17) is 17.0 Å². The van der Waals surface area contributed by atoms with Gasteiger partial charge in [-0.05, 0) is 60.9 Å². The number of thiocarbonyl (C=S) groups is 1. The van der Waals surface area contributed by atoms with Gasteiger partial charge >= 0.3 is 5.97 Å². The second kappa shape index (κ2) is 9.26. The number of anilines is 1. The first kappa shape index (κ1) is 21.8. The second-order valence-electron chi connectivity index (χ2n) is 8.53. The van der Waals surface area contributed by atoms with Crippen molar-refractivity contribution in [2.45, 2.75) is 53.5 Å². The lowest BCUT2D eigenvalue weighted by Gasteiger charge is -2.33. The molecule has 156 valence electrons. The number of thiophene rings is 1. The van der Waals surface area contributed by atoms with Gasteiger partial charge < -0.3 is 15.4 Å². The van der Waals surface area contributed by atoms with Crippen molar-refractivity contribution in [3.8, 4) is 0 Å². The molecule has 0 saturated heterocycles. The molecule has 0 amide bonds. The van der Waals surface area contributed by atoms with Crippen LogP contribution in [0, 0.1) is 11.3 Å². The first-order valence-electron chi connectivity index (χ1n) is 10.2. The zero-order chi connectivity index (χ0) is 21.0. The van der Waals surface area contributed by atoms with Crippen LogP contribution >= 0.6 is 23.6 Å². The third-order valence-electron chi connectivity index (χ3n) is 5.49. The van der Waals surface area contributed by atoms with Gasteiger partial charge in [-0.25, -0.2) is 4.79 Å². The van der Waals surface area contributed by atoms with E-state index in [9.17, 15) is 4.79 Å². The molecule has 0 bridgehead atoms. The van der Waals surface area contributed by atoms with Gasteiger partial charge in [-0.3, -0.25) is 0 Å². The highest BCUT2D eigenvalue weighted by Crippen LogP contribution is 2.44. The number of carbonyl (C=O) groups is 1. The zero-order valence-electron chi connectivity index (χ0n) is 17.6. The summed E-state index contributed by atoms with van der Waals surface area (Å²) < 4.78 is 5.36. The molecule has 2 aromatic rings. The summed E-state index contributed by atoms with van der Waals surface area (Å²) in [6.45, 7) is 9.73. The first-order chi connectivity index (χ1) is 13.8. The molecule has 6 heteroatoms. The van der Waals surface area contributed by atoms with Gasteiger partial charge in [0.2, 0.25) is 0 Å². The molecular weight excluding hydrogens is 400 g/mol. The average Bonchev–Trinajstić information content (AvgIpc) is 3.03. The first-order valence-corrected chi connectivity index (χ1v) is 11.4. The number of hydrogen-bond donors (Lipinski definition) is 2. The molecule has 4 nitrogen and oxygen atoms in total. The van der Waals surface area contributed by atoms with Crippen molar-refractivity contribution in [2.24, 2.45) is 11.3 Å². The number of carbonyl (C=O) groups excluding carboxylic acids is 1. The summed E-state index contributed by atoms with van der Waals surface area (Å²) in [4.78, 5) is 14.0. The standard InChI is InChI=1S/C23H30N2O2S2/c1-5-27-21(26)19-17-12-11-16(23(2,3)4)13-18(17)29-20(19)25-22(28)24-14-15-9-7-6-8-10-15/h6-10,16H,5,11-14H2,1-4H3,(H2,24,25,28)/t16-/m0/s1. The van der Waals surface area contributed by atoms with Gasteiger partial charge in [0.15, 0.2) is 5.11 Å². The van der Waals surface area contributed by atoms with E-state index in [1.807, 2.05) is 25.1 Å². The van der Waals surface area contributed by atoms with E-state index in [1.165, 1.54) is 4.88 Å². The lowest BCUT2D eigenvalue weighted by Crippen LogP contribution is -2.28. The summed E-state index contributed by atoms with van der Waals surface area (Å²) in [6.07, 6.45) is 3.01. The highest BCUT2D eigenvalue weighted by Gasteiger charge is 2.34. The fourth-order valence-corrected chi connectivity index (χ4v) is 5.32. The zero-order valence-corrected chi connectivity index (χ0v) is 19.3.